The number of rotatable bonds is 5. The number of anilines is 1. The molecule has 0 aliphatic carbocycles. The highest BCUT2D eigenvalue weighted by Gasteiger charge is 2.00. The third-order valence-electron chi connectivity index (χ3n) is 2.32. The summed E-state index contributed by atoms with van der Waals surface area (Å²) in [6.07, 6.45) is 5.22. The molecule has 0 bridgehead atoms. The van der Waals surface area contributed by atoms with Crippen LogP contribution in [0.4, 0.5) is 5.82 Å². The van der Waals surface area contributed by atoms with Crippen molar-refractivity contribution in [1.29, 1.82) is 0 Å². The lowest BCUT2D eigenvalue weighted by Gasteiger charge is -2.06. The van der Waals surface area contributed by atoms with E-state index in [0.717, 1.165) is 25.7 Å². The Morgan fingerprint density at radius 1 is 1.57 bits per heavy atom. The summed E-state index contributed by atoms with van der Waals surface area (Å²) in [5, 5.41) is 9.35. The largest absolute Gasteiger partial charge is 0.393 e. The zero-order valence-corrected chi connectivity index (χ0v) is 8.61. The number of aliphatic hydroxyl groups is 1. The van der Waals surface area contributed by atoms with E-state index in [-0.39, 0.29) is 6.10 Å². The van der Waals surface area contributed by atoms with Gasteiger partial charge in [-0.1, -0.05) is 6.92 Å². The fourth-order valence-electron chi connectivity index (χ4n) is 1.40. The normalized spacial score (nSPS) is 12.7. The topological polar surface area (TPSA) is 59.1 Å². The molecular weight excluding hydrogens is 176 g/mol. The van der Waals surface area contributed by atoms with Crippen LogP contribution in [0.2, 0.25) is 0 Å². The number of aliphatic hydroxyl groups excluding tert-OH is 1. The van der Waals surface area contributed by atoms with Crippen molar-refractivity contribution < 1.29 is 5.11 Å². The summed E-state index contributed by atoms with van der Waals surface area (Å²) in [4.78, 5) is 3.93. The molecule has 78 valence electrons. The third kappa shape index (κ3) is 3.75. The van der Waals surface area contributed by atoms with E-state index in [1.807, 2.05) is 19.1 Å². The van der Waals surface area contributed by atoms with Crippen molar-refractivity contribution in [2.24, 2.45) is 0 Å². The van der Waals surface area contributed by atoms with Crippen molar-refractivity contribution in [1.82, 2.24) is 4.98 Å². The van der Waals surface area contributed by atoms with E-state index in [1.54, 1.807) is 6.20 Å². The fraction of sp³-hybridized carbons (Fsp3) is 0.545. The minimum absolute atomic E-state index is 0.158. The van der Waals surface area contributed by atoms with E-state index in [9.17, 15) is 5.11 Å². The Hall–Kier alpha value is -1.09. The quantitative estimate of drug-likeness (QED) is 0.750. The van der Waals surface area contributed by atoms with Crippen molar-refractivity contribution in [3.05, 3.63) is 23.9 Å². The van der Waals surface area contributed by atoms with E-state index in [2.05, 4.69) is 4.98 Å². The van der Waals surface area contributed by atoms with Crippen molar-refractivity contribution in [2.45, 2.75) is 38.7 Å². The van der Waals surface area contributed by atoms with E-state index in [0.29, 0.717) is 5.82 Å². The molecule has 0 amide bonds. The first-order chi connectivity index (χ1) is 6.72. The summed E-state index contributed by atoms with van der Waals surface area (Å²) in [7, 11) is 0. The van der Waals surface area contributed by atoms with Crippen LogP contribution in [0.5, 0.6) is 0 Å². The van der Waals surface area contributed by atoms with Gasteiger partial charge in [-0.2, -0.15) is 0 Å². The molecule has 0 fully saturated rings. The Balaban J connectivity index is 2.31. The third-order valence-corrected chi connectivity index (χ3v) is 2.32. The first-order valence-electron chi connectivity index (χ1n) is 5.11. The van der Waals surface area contributed by atoms with Gasteiger partial charge in [-0.3, -0.25) is 0 Å². The van der Waals surface area contributed by atoms with Gasteiger partial charge in [0.2, 0.25) is 0 Å². The van der Waals surface area contributed by atoms with Crippen molar-refractivity contribution in [3.8, 4) is 0 Å². The van der Waals surface area contributed by atoms with Gasteiger partial charge in [-0.05, 0) is 43.4 Å². The molecule has 1 aromatic heterocycles. The van der Waals surface area contributed by atoms with Crippen molar-refractivity contribution in [3.63, 3.8) is 0 Å². The van der Waals surface area contributed by atoms with Gasteiger partial charge in [0.05, 0.1) is 6.10 Å². The number of nitrogen functional groups attached to an aromatic ring is 1. The zero-order valence-electron chi connectivity index (χ0n) is 8.61. The molecular formula is C11H18N2O. The van der Waals surface area contributed by atoms with Gasteiger partial charge in [0.15, 0.2) is 0 Å². The summed E-state index contributed by atoms with van der Waals surface area (Å²) in [6.45, 7) is 2.00. The summed E-state index contributed by atoms with van der Waals surface area (Å²) < 4.78 is 0. The standard InChI is InChI=1S/C11H18N2O/c1-2-10(14)5-3-4-9-6-7-13-11(12)8-9/h6-8,10,14H,2-5H2,1H3,(H2,12,13). The molecule has 0 aliphatic rings. The lowest BCUT2D eigenvalue weighted by molar-refractivity contribution is 0.158. The molecule has 1 atom stereocenters. The summed E-state index contributed by atoms with van der Waals surface area (Å²) in [5.41, 5.74) is 6.75. The highest BCUT2D eigenvalue weighted by molar-refractivity contribution is 5.31. The van der Waals surface area contributed by atoms with Gasteiger partial charge in [0, 0.05) is 6.20 Å². The molecule has 0 aliphatic heterocycles. The molecule has 0 saturated heterocycles. The molecule has 3 heteroatoms. The molecule has 1 unspecified atom stereocenters. The average Bonchev–Trinajstić information content (AvgIpc) is 2.17. The maximum atomic E-state index is 9.35. The lowest BCUT2D eigenvalue weighted by atomic mass is 10.1. The SMILES string of the molecule is CCC(O)CCCc1ccnc(N)c1. The number of aromatic nitrogens is 1. The number of nitrogens with two attached hydrogens (primary N) is 1. The highest BCUT2D eigenvalue weighted by atomic mass is 16.3. The first-order valence-corrected chi connectivity index (χ1v) is 5.11. The van der Waals surface area contributed by atoms with Crippen LogP contribution < -0.4 is 5.73 Å². The molecule has 1 heterocycles. The lowest BCUT2D eigenvalue weighted by Crippen LogP contribution is -2.04. The maximum absolute atomic E-state index is 9.35. The van der Waals surface area contributed by atoms with Gasteiger partial charge in [-0.15, -0.1) is 0 Å². The van der Waals surface area contributed by atoms with Crippen LogP contribution >= 0.6 is 0 Å². The van der Waals surface area contributed by atoms with Crippen LogP contribution in [0.25, 0.3) is 0 Å². The smallest absolute Gasteiger partial charge is 0.123 e. The molecule has 1 aromatic rings. The molecule has 3 nitrogen and oxygen atoms in total. The second kappa shape index (κ2) is 5.60. The Bertz CT molecular complexity index is 276. The maximum Gasteiger partial charge on any atom is 0.123 e. The van der Waals surface area contributed by atoms with E-state index in [1.165, 1.54) is 5.56 Å². The van der Waals surface area contributed by atoms with Crippen LogP contribution in [0, 0.1) is 0 Å². The van der Waals surface area contributed by atoms with E-state index < -0.39 is 0 Å². The second-order valence-corrected chi connectivity index (χ2v) is 3.54. The molecule has 0 saturated carbocycles. The predicted octanol–water partition coefficient (Wildman–Crippen LogP) is 1.76. The minimum Gasteiger partial charge on any atom is -0.393 e. The van der Waals surface area contributed by atoms with Crippen LogP contribution in [0.3, 0.4) is 0 Å². The van der Waals surface area contributed by atoms with Gasteiger partial charge < -0.3 is 10.8 Å². The number of pyridine rings is 1. The summed E-state index contributed by atoms with van der Waals surface area (Å²) >= 11 is 0. The van der Waals surface area contributed by atoms with Gasteiger partial charge in [-0.25, -0.2) is 4.98 Å². The molecule has 0 spiro atoms. The summed E-state index contributed by atoms with van der Waals surface area (Å²) in [5.74, 6) is 0.568. The Kier molecular flexibility index (Phi) is 4.40. The minimum atomic E-state index is -0.158. The van der Waals surface area contributed by atoms with Crippen LogP contribution in [0.1, 0.15) is 31.7 Å². The van der Waals surface area contributed by atoms with E-state index >= 15 is 0 Å². The number of hydrogen-bond donors (Lipinski definition) is 2. The van der Waals surface area contributed by atoms with Gasteiger partial charge >= 0.3 is 0 Å². The predicted molar refractivity (Wildman–Crippen MR) is 57.9 cm³/mol. The fourth-order valence-corrected chi connectivity index (χ4v) is 1.40. The van der Waals surface area contributed by atoms with Crippen molar-refractivity contribution in [2.75, 3.05) is 5.73 Å². The van der Waals surface area contributed by atoms with E-state index in [4.69, 9.17) is 5.73 Å². The molecule has 3 N–H and O–H groups in total. The monoisotopic (exact) mass is 194 g/mol. The van der Waals surface area contributed by atoms with Crippen LogP contribution in [-0.4, -0.2) is 16.2 Å². The second-order valence-electron chi connectivity index (χ2n) is 3.54. The van der Waals surface area contributed by atoms with Crippen molar-refractivity contribution >= 4 is 5.82 Å². The zero-order chi connectivity index (χ0) is 10.4. The van der Waals surface area contributed by atoms with Gasteiger partial charge in [0.25, 0.3) is 0 Å². The van der Waals surface area contributed by atoms with Crippen LogP contribution in [-0.2, 0) is 6.42 Å². The number of nitrogens with zero attached hydrogens (tertiary/aromatic N) is 1. The molecule has 0 radical (unpaired) electrons. The Morgan fingerprint density at radius 2 is 2.36 bits per heavy atom. The number of aryl methyl sites for hydroxylation is 1. The highest BCUT2D eigenvalue weighted by Crippen LogP contribution is 2.09. The Labute approximate surface area is 85.0 Å². The molecule has 14 heavy (non-hydrogen) atoms. The average molecular weight is 194 g/mol. The first kappa shape index (κ1) is 11.0. The Morgan fingerprint density at radius 3 is 3.00 bits per heavy atom. The summed E-state index contributed by atoms with van der Waals surface area (Å²) in [6, 6.07) is 3.85. The van der Waals surface area contributed by atoms with Gasteiger partial charge in [0.1, 0.15) is 5.82 Å². The van der Waals surface area contributed by atoms with Crippen LogP contribution in [0.15, 0.2) is 18.3 Å². The molecule has 0 aromatic carbocycles. The molecule has 1 rings (SSSR count). The number of hydrogen-bond acceptors (Lipinski definition) is 3.